The lowest BCUT2D eigenvalue weighted by Gasteiger charge is -2.24. The van der Waals surface area contributed by atoms with Gasteiger partial charge in [0.2, 0.25) is 0 Å². The van der Waals surface area contributed by atoms with Gasteiger partial charge in [0.25, 0.3) is 0 Å². The molecule has 0 unspecified atom stereocenters. The Morgan fingerprint density at radius 1 is 1.32 bits per heavy atom. The van der Waals surface area contributed by atoms with Crippen molar-refractivity contribution in [3.8, 4) is 5.75 Å². The van der Waals surface area contributed by atoms with Crippen LogP contribution in [0.4, 0.5) is 0 Å². The van der Waals surface area contributed by atoms with Crippen molar-refractivity contribution in [3.63, 3.8) is 0 Å². The summed E-state index contributed by atoms with van der Waals surface area (Å²) in [5.41, 5.74) is 1.20. The molecule has 1 aromatic heterocycles. The Morgan fingerprint density at radius 3 is 3.09 bits per heavy atom. The second-order valence-electron chi connectivity index (χ2n) is 5.37. The van der Waals surface area contributed by atoms with Crippen molar-refractivity contribution in [2.45, 2.75) is 12.6 Å². The standard InChI is InChI=1S/C17H19ClN2O2/c18-15-4-1-3-14(9-15)11-20-7-8-21-13-17(12-20)22-16-5-2-6-19-10-16/h1-6,9-10,17H,7-8,11-13H2/t17-/m1/s1. The number of aromatic nitrogens is 1. The Bertz CT molecular complexity index is 594. The average molecular weight is 319 g/mol. The predicted molar refractivity (Wildman–Crippen MR) is 86.2 cm³/mol. The van der Waals surface area contributed by atoms with E-state index < -0.39 is 0 Å². The molecule has 5 heteroatoms. The van der Waals surface area contributed by atoms with Crippen LogP contribution in [0.15, 0.2) is 48.8 Å². The van der Waals surface area contributed by atoms with Gasteiger partial charge in [-0.1, -0.05) is 23.7 Å². The molecule has 0 radical (unpaired) electrons. The van der Waals surface area contributed by atoms with Crippen LogP contribution in [0.3, 0.4) is 0 Å². The van der Waals surface area contributed by atoms with Crippen LogP contribution in [0.5, 0.6) is 5.75 Å². The number of halogens is 1. The molecule has 1 fully saturated rings. The molecular formula is C17H19ClN2O2. The maximum absolute atomic E-state index is 6.06. The maximum atomic E-state index is 6.06. The molecule has 0 saturated carbocycles. The quantitative estimate of drug-likeness (QED) is 0.868. The Kier molecular flexibility index (Phi) is 5.27. The second-order valence-corrected chi connectivity index (χ2v) is 5.80. The van der Waals surface area contributed by atoms with Gasteiger partial charge in [-0.2, -0.15) is 0 Å². The maximum Gasteiger partial charge on any atom is 0.138 e. The van der Waals surface area contributed by atoms with Crippen LogP contribution in [-0.2, 0) is 11.3 Å². The third kappa shape index (κ3) is 4.44. The van der Waals surface area contributed by atoms with Gasteiger partial charge in [-0.3, -0.25) is 9.88 Å². The minimum atomic E-state index is 0.00545. The van der Waals surface area contributed by atoms with Gasteiger partial charge < -0.3 is 9.47 Å². The van der Waals surface area contributed by atoms with E-state index in [1.54, 1.807) is 12.4 Å². The third-order valence-electron chi connectivity index (χ3n) is 3.55. The van der Waals surface area contributed by atoms with E-state index >= 15 is 0 Å². The van der Waals surface area contributed by atoms with E-state index in [0.29, 0.717) is 13.2 Å². The first-order valence-electron chi connectivity index (χ1n) is 7.41. The second kappa shape index (κ2) is 7.58. The molecule has 116 valence electrons. The monoisotopic (exact) mass is 318 g/mol. The highest BCUT2D eigenvalue weighted by Crippen LogP contribution is 2.16. The molecule has 22 heavy (non-hydrogen) atoms. The van der Waals surface area contributed by atoms with Gasteiger partial charge in [-0.15, -0.1) is 0 Å². The highest BCUT2D eigenvalue weighted by atomic mass is 35.5. The van der Waals surface area contributed by atoms with Crippen LogP contribution < -0.4 is 4.74 Å². The van der Waals surface area contributed by atoms with Gasteiger partial charge in [-0.05, 0) is 29.8 Å². The minimum Gasteiger partial charge on any atom is -0.485 e. The van der Waals surface area contributed by atoms with Gasteiger partial charge in [0.05, 0.1) is 19.4 Å². The van der Waals surface area contributed by atoms with Crippen LogP contribution in [0, 0.1) is 0 Å². The van der Waals surface area contributed by atoms with Crippen LogP contribution in [0.2, 0.25) is 5.02 Å². The summed E-state index contributed by atoms with van der Waals surface area (Å²) in [6, 6.07) is 11.8. The van der Waals surface area contributed by atoms with E-state index in [1.165, 1.54) is 5.56 Å². The highest BCUT2D eigenvalue weighted by Gasteiger charge is 2.20. The normalized spacial score (nSPS) is 19.6. The first-order valence-corrected chi connectivity index (χ1v) is 7.78. The number of rotatable bonds is 4. The zero-order chi connectivity index (χ0) is 15.2. The first-order chi connectivity index (χ1) is 10.8. The Hall–Kier alpha value is -1.62. The predicted octanol–water partition coefficient (Wildman–Crippen LogP) is 3.01. The number of hydrogen-bond donors (Lipinski definition) is 0. The molecule has 0 spiro atoms. The van der Waals surface area contributed by atoms with E-state index in [1.807, 2.05) is 30.3 Å². The lowest BCUT2D eigenvalue weighted by atomic mass is 10.2. The molecule has 1 aliphatic heterocycles. The summed E-state index contributed by atoms with van der Waals surface area (Å²) in [4.78, 5) is 6.41. The molecule has 0 N–H and O–H groups in total. The van der Waals surface area contributed by atoms with E-state index in [2.05, 4.69) is 16.0 Å². The van der Waals surface area contributed by atoms with Gasteiger partial charge in [-0.25, -0.2) is 0 Å². The summed E-state index contributed by atoms with van der Waals surface area (Å²) in [5.74, 6) is 0.778. The number of benzene rings is 1. The van der Waals surface area contributed by atoms with E-state index in [-0.39, 0.29) is 6.10 Å². The molecular weight excluding hydrogens is 300 g/mol. The Balaban J connectivity index is 1.62. The zero-order valence-electron chi connectivity index (χ0n) is 12.3. The van der Waals surface area contributed by atoms with Gasteiger partial charge in [0, 0.05) is 30.9 Å². The van der Waals surface area contributed by atoms with Crippen molar-refractivity contribution in [1.82, 2.24) is 9.88 Å². The van der Waals surface area contributed by atoms with Crippen molar-refractivity contribution in [2.75, 3.05) is 26.3 Å². The summed E-state index contributed by atoms with van der Waals surface area (Å²) < 4.78 is 11.6. The van der Waals surface area contributed by atoms with Crippen molar-refractivity contribution in [2.24, 2.45) is 0 Å². The molecule has 0 amide bonds. The zero-order valence-corrected chi connectivity index (χ0v) is 13.1. The number of nitrogens with zero attached hydrogens (tertiary/aromatic N) is 2. The van der Waals surface area contributed by atoms with Gasteiger partial charge >= 0.3 is 0 Å². The number of pyridine rings is 1. The Morgan fingerprint density at radius 2 is 2.27 bits per heavy atom. The summed E-state index contributed by atoms with van der Waals surface area (Å²) >= 11 is 6.06. The van der Waals surface area contributed by atoms with Crippen LogP contribution in [0.1, 0.15) is 5.56 Å². The molecule has 1 aliphatic rings. The summed E-state index contributed by atoms with van der Waals surface area (Å²) in [6.45, 7) is 3.87. The van der Waals surface area contributed by atoms with Crippen LogP contribution in [-0.4, -0.2) is 42.3 Å². The molecule has 2 heterocycles. The SMILES string of the molecule is Clc1cccc(CN2CCOC[C@H](Oc3cccnc3)C2)c1. The van der Waals surface area contributed by atoms with Gasteiger partial charge in [0.1, 0.15) is 11.9 Å². The summed E-state index contributed by atoms with van der Waals surface area (Å²) in [6.07, 6.45) is 3.47. The number of ether oxygens (including phenoxy) is 2. The van der Waals surface area contributed by atoms with E-state index in [9.17, 15) is 0 Å². The molecule has 0 aliphatic carbocycles. The lowest BCUT2D eigenvalue weighted by Crippen LogP contribution is -2.35. The van der Waals surface area contributed by atoms with Crippen LogP contribution >= 0.6 is 11.6 Å². The third-order valence-corrected chi connectivity index (χ3v) is 3.78. The topological polar surface area (TPSA) is 34.6 Å². The lowest BCUT2D eigenvalue weighted by molar-refractivity contribution is 0.0708. The van der Waals surface area contributed by atoms with Crippen LogP contribution in [0.25, 0.3) is 0 Å². The molecule has 1 atom stereocenters. The Labute approximate surface area is 135 Å². The minimum absolute atomic E-state index is 0.00545. The number of hydrogen-bond acceptors (Lipinski definition) is 4. The molecule has 2 aromatic rings. The molecule has 0 bridgehead atoms. The van der Waals surface area contributed by atoms with Gasteiger partial charge in [0.15, 0.2) is 0 Å². The van der Waals surface area contributed by atoms with E-state index in [4.69, 9.17) is 21.1 Å². The summed E-state index contributed by atoms with van der Waals surface area (Å²) in [5, 5.41) is 0.770. The highest BCUT2D eigenvalue weighted by molar-refractivity contribution is 6.30. The molecule has 3 rings (SSSR count). The van der Waals surface area contributed by atoms with Crippen molar-refractivity contribution in [1.29, 1.82) is 0 Å². The molecule has 1 saturated heterocycles. The fourth-order valence-electron chi connectivity index (χ4n) is 2.56. The van der Waals surface area contributed by atoms with E-state index in [0.717, 1.165) is 30.4 Å². The average Bonchev–Trinajstić information content (AvgIpc) is 2.73. The molecule has 1 aromatic carbocycles. The largest absolute Gasteiger partial charge is 0.485 e. The summed E-state index contributed by atoms with van der Waals surface area (Å²) in [7, 11) is 0. The smallest absolute Gasteiger partial charge is 0.138 e. The van der Waals surface area contributed by atoms with Crippen molar-refractivity contribution in [3.05, 3.63) is 59.4 Å². The fourth-order valence-corrected chi connectivity index (χ4v) is 2.77. The fraction of sp³-hybridized carbons (Fsp3) is 0.353. The first kappa shape index (κ1) is 15.3. The van der Waals surface area contributed by atoms with Crippen molar-refractivity contribution >= 4 is 11.6 Å². The molecule has 4 nitrogen and oxygen atoms in total. The van der Waals surface area contributed by atoms with Crippen molar-refractivity contribution < 1.29 is 9.47 Å².